The van der Waals surface area contributed by atoms with E-state index in [9.17, 15) is 14.4 Å². The zero-order valence-electron chi connectivity index (χ0n) is 13.5. The van der Waals surface area contributed by atoms with Crippen LogP contribution in [0.15, 0.2) is 42.0 Å². The normalized spacial score (nSPS) is 14.8. The number of hydrogen-bond acceptors (Lipinski definition) is 5. The molecule has 0 spiro atoms. The highest BCUT2D eigenvalue weighted by molar-refractivity contribution is 7.12. The molecule has 2 aromatic heterocycles. The largest absolute Gasteiger partial charge is 0.338 e. The minimum atomic E-state index is -0.410. The monoisotopic (exact) mass is 358 g/mol. The third-order valence-corrected chi connectivity index (χ3v) is 4.97. The van der Waals surface area contributed by atoms with Crippen LogP contribution in [0.3, 0.4) is 0 Å². The fourth-order valence-corrected chi connectivity index (χ4v) is 3.38. The molecule has 2 aromatic rings. The smallest absolute Gasteiger partial charge is 0.271 e. The van der Waals surface area contributed by atoms with E-state index in [4.69, 9.17) is 0 Å². The number of thiophene rings is 1. The first-order chi connectivity index (χ1) is 12.1. The summed E-state index contributed by atoms with van der Waals surface area (Å²) in [6.07, 6.45) is 4.15. The molecule has 25 heavy (non-hydrogen) atoms. The van der Waals surface area contributed by atoms with Gasteiger partial charge in [0.1, 0.15) is 0 Å². The van der Waals surface area contributed by atoms with Crippen molar-refractivity contribution < 1.29 is 14.4 Å². The summed E-state index contributed by atoms with van der Waals surface area (Å²) in [4.78, 5) is 42.7. The van der Waals surface area contributed by atoms with Gasteiger partial charge in [0, 0.05) is 31.4 Å². The molecule has 3 rings (SSSR count). The molecule has 1 saturated heterocycles. The molecule has 0 atom stereocenters. The number of carbonyl (C=O) groups excluding carboxylic acids is 3. The number of hydrogen-bond donors (Lipinski definition) is 2. The Labute approximate surface area is 149 Å². The van der Waals surface area contributed by atoms with Crippen LogP contribution in [-0.2, 0) is 4.79 Å². The van der Waals surface area contributed by atoms with Gasteiger partial charge in [-0.1, -0.05) is 6.07 Å². The van der Waals surface area contributed by atoms with Gasteiger partial charge in [0.2, 0.25) is 5.91 Å². The number of amides is 3. The summed E-state index contributed by atoms with van der Waals surface area (Å²) >= 11 is 1.42. The second-order valence-electron chi connectivity index (χ2n) is 5.73. The Hall–Kier alpha value is -2.74. The highest BCUT2D eigenvalue weighted by Gasteiger charge is 2.28. The summed E-state index contributed by atoms with van der Waals surface area (Å²) < 4.78 is 0. The molecule has 1 aliphatic heterocycles. The Bertz CT molecular complexity index is 741. The van der Waals surface area contributed by atoms with Gasteiger partial charge in [-0.05, 0) is 36.4 Å². The van der Waals surface area contributed by atoms with Gasteiger partial charge in [0.25, 0.3) is 11.8 Å². The lowest BCUT2D eigenvalue weighted by molar-refractivity contribution is -0.127. The molecule has 0 unspecified atom stereocenters. The summed E-state index contributed by atoms with van der Waals surface area (Å²) in [6, 6.07) is 6.92. The maximum atomic E-state index is 12.3. The summed E-state index contributed by atoms with van der Waals surface area (Å²) in [5.41, 5.74) is 5.22. The van der Waals surface area contributed by atoms with Crippen molar-refractivity contribution in [3.63, 3.8) is 0 Å². The lowest BCUT2D eigenvalue weighted by Gasteiger charge is -2.31. The first kappa shape index (κ1) is 17.1. The molecule has 1 fully saturated rings. The molecule has 0 radical (unpaired) electrons. The Kier molecular flexibility index (Phi) is 5.39. The Morgan fingerprint density at radius 2 is 1.92 bits per heavy atom. The molecular formula is C17H18N4O3S. The van der Waals surface area contributed by atoms with Gasteiger partial charge in [-0.15, -0.1) is 11.3 Å². The molecule has 0 aromatic carbocycles. The van der Waals surface area contributed by atoms with Crippen LogP contribution in [0, 0.1) is 5.92 Å². The second-order valence-corrected chi connectivity index (χ2v) is 6.68. The fraction of sp³-hybridized carbons (Fsp3) is 0.294. The van der Waals surface area contributed by atoms with Gasteiger partial charge >= 0.3 is 0 Å². The average molecular weight is 358 g/mol. The lowest BCUT2D eigenvalue weighted by Crippen LogP contribution is -2.48. The first-order valence-corrected chi connectivity index (χ1v) is 8.86. The summed E-state index contributed by atoms with van der Waals surface area (Å²) in [5, 5.41) is 1.87. The maximum absolute atomic E-state index is 12.3. The van der Waals surface area contributed by atoms with E-state index in [1.807, 2.05) is 11.4 Å². The van der Waals surface area contributed by atoms with E-state index in [0.29, 0.717) is 36.4 Å². The Balaban J connectivity index is 1.45. The number of carbonyl (C=O) groups is 3. The van der Waals surface area contributed by atoms with Gasteiger partial charge in [0.15, 0.2) is 0 Å². The molecule has 0 aliphatic carbocycles. The second kappa shape index (κ2) is 7.89. The molecule has 2 N–H and O–H groups in total. The van der Waals surface area contributed by atoms with Crippen LogP contribution < -0.4 is 10.9 Å². The number of hydrazine groups is 1. The molecule has 0 bridgehead atoms. The van der Waals surface area contributed by atoms with Crippen molar-refractivity contribution in [3.8, 4) is 0 Å². The Morgan fingerprint density at radius 1 is 1.12 bits per heavy atom. The van der Waals surface area contributed by atoms with Crippen LogP contribution >= 0.6 is 11.3 Å². The number of nitrogens with zero attached hydrogens (tertiary/aromatic N) is 2. The van der Waals surface area contributed by atoms with Crippen LogP contribution in [0.5, 0.6) is 0 Å². The highest BCUT2D eigenvalue weighted by atomic mass is 32.1. The Morgan fingerprint density at radius 3 is 2.56 bits per heavy atom. The maximum Gasteiger partial charge on any atom is 0.271 e. The van der Waals surface area contributed by atoms with Gasteiger partial charge in [-0.2, -0.15) is 0 Å². The number of pyridine rings is 1. The summed E-state index contributed by atoms with van der Waals surface area (Å²) in [6.45, 7) is 1.07. The van der Waals surface area contributed by atoms with E-state index in [-0.39, 0.29) is 17.7 Å². The predicted molar refractivity (Wildman–Crippen MR) is 92.8 cm³/mol. The van der Waals surface area contributed by atoms with Gasteiger partial charge in [-0.3, -0.25) is 30.2 Å². The zero-order chi connectivity index (χ0) is 17.6. The fourth-order valence-electron chi connectivity index (χ4n) is 2.69. The molecule has 130 valence electrons. The summed E-state index contributed by atoms with van der Waals surface area (Å²) in [7, 11) is 0. The van der Waals surface area contributed by atoms with E-state index < -0.39 is 5.91 Å². The third kappa shape index (κ3) is 4.21. The summed E-state index contributed by atoms with van der Waals surface area (Å²) in [5.74, 6) is -0.854. The predicted octanol–water partition coefficient (Wildman–Crippen LogP) is 1.46. The van der Waals surface area contributed by atoms with E-state index in [0.717, 1.165) is 0 Å². The van der Waals surface area contributed by atoms with E-state index in [1.165, 1.54) is 17.5 Å². The van der Waals surface area contributed by atoms with Gasteiger partial charge in [0.05, 0.1) is 10.4 Å². The van der Waals surface area contributed by atoms with Crippen molar-refractivity contribution in [1.82, 2.24) is 20.7 Å². The van der Waals surface area contributed by atoms with E-state index in [2.05, 4.69) is 15.8 Å². The van der Waals surface area contributed by atoms with Crippen LogP contribution in [0.2, 0.25) is 0 Å². The number of likely N-dealkylation sites (tertiary alicyclic amines) is 1. The van der Waals surface area contributed by atoms with Gasteiger partial charge in [-0.25, -0.2) is 0 Å². The van der Waals surface area contributed by atoms with Crippen molar-refractivity contribution in [1.29, 1.82) is 0 Å². The molecule has 8 heteroatoms. The minimum Gasteiger partial charge on any atom is -0.338 e. The molecule has 0 saturated carbocycles. The number of aromatic nitrogens is 1. The van der Waals surface area contributed by atoms with Crippen LogP contribution in [-0.4, -0.2) is 40.7 Å². The number of piperidine rings is 1. The standard InChI is InChI=1S/C17H18N4O3S/c22-15(19-20-16(23)13-3-1-7-18-11-13)12-5-8-21(9-6-12)17(24)14-4-2-10-25-14/h1-4,7,10-12H,5-6,8-9H2,(H,19,22)(H,20,23). The van der Waals surface area contributed by atoms with Crippen molar-refractivity contribution >= 4 is 29.1 Å². The van der Waals surface area contributed by atoms with Crippen LogP contribution in [0.25, 0.3) is 0 Å². The molecule has 3 heterocycles. The first-order valence-electron chi connectivity index (χ1n) is 7.98. The molecular weight excluding hydrogens is 340 g/mol. The van der Waals surface area contributed by atoms with Crippen molar-refractivity contribution in [2.45, 2.75) is 12.8 Å². The molecule has 7 nitrogen and oxygen atoms in total. The minimum absolute atomic E-state index is 0.0127. The topological polar surface area (TPSA) is 91.4 Å². The SMILES string of the molecule is O=C(NNC(=O)C1CCN(C(=O)c2cccs2)CC1)c1cccnc1. The van der Waals surface area contributed by atoms with E-state index >= 15 is 0 Å². The molecule has 3 amide bonds. The van der Waals surface area contributed by atoms with E-state index in [1.54, 1.807) is 29.3 Å². The zero-order valence-corrected chi connectivity index (χ0v) is 14.3. The van der Waals surface area contributed by atoms with Crippen molar-refractivity contribution in [3.05, 3.63) is 52.5 Å². The van der Waals surface area contributed by atoms with Gasteiger partial charge < -0.3 is 4.90 Å². The van der Waals surface area contributed by atoms with Crippen molar-refractivity contribution in [2.75, 3.05) is 13.1 Å². The van der Waals surface area contributed by atoms with Crippen LogP contribution in [0.4, 0.5) is 0 Å². The number of rotatable bonds is 3. The quantitative estimate of drug-likeness (QED) is 0.813. The highest BCUT2D eigenvalue weighted by Crippen LogP contribution is 2.20. The number of nitrogens with one attached hydrogen (secondary N) is 2. The third-order valence-electron chi connectivity index (χ3n) is 4.11. The van der Waals surface area contributed by atoms with Crippen molar-refractivity contribution in [2.24, 2.45) is 5.92 Å². The van der Waals surface area contributed by atoms with Crippen LogP contribution in [0.1, 0.15) is 32.9 Å². The lowest BCUT2D eigenvalue weighted by atomic mass is 9.96. The average Bonchev–Trinajstić information content (AvgIpc) is 3.21. The molecule has 1 aliphatic rings.